The van der Waals surface area contributed by atoms with Crippen LogP contribution in [0.2, 0.25) is 10.0 Å². The monoisotopic (exact) mass is 533 g/mol. The maximum absolute atomic E-state index is 13.4. The number of benzene rings is 2. The smallest absolute Gasteiger partial charge is 0.300 e. The molecule has 1 saturated heterocycles. The Kier molecular flexibility index (Phi) is 6.98. The average molecular weight is 534 g/mol. The van der Waals surface area contributed by atoms with E-state index < -0.39 is 23.5 Å². The van der Waals surface area contributed by atoms with E-state index in [9.17, 15) is 14.7 Å². The molecule has 35 heavy (non-hydrogen) atoms. The molecule has 7 nitrogen and oxygen atoms in total. The zero-order valence-electron chi connectivity index (χ0n) is 19.2. The van der Waals surface area contributed by atoms with Gasteiger partial charge in [0.25, 0.3) is 11.7 Å². The topological polar surface area (TPSA) is 85.3 Å². The highest BCUT2D eigenvalue weighted by atomic mass is 35.5. The third kappa shape index (κ3) is 4.33. The number of hydrogen-bond donors (Lipinski definition) is 1. The van der Waals surface area contributed by atoms with Gasteiger partial charge in [0.15, 0.2) is 5.75 Å². The highest BCUT2D eigenvalue weighted by Crippen LogP contribution is 2.47. The predicted octanol–water partition coefficient (Wildman–Crippen LogP) is 6.02. The van der Waals surface area contributed by atoms with Gasteiger partial charge in [-0.05, 0) is 36.1 Å². The van der Waals surface area contributed by atoms with Crippen LogP contribution in [0.25, 0.3) is 5.76 Å². The minimum Gasteiger partial charge on any atom is -0.507 e. The van der Waals surface area contributed by atoms with E-state index in [0.29, 0.717) is 17.2 Å². The molecule has 2 aromatic carbocycles. The van der Waals surface area contributed by atoms with Gasteiger partial charge in [0.1, 0.15) is 23.3 Å². The Morgan fingerprint density at radius 2 is 1.57 bits per heavy atom. The van der Waals surface area contributed by atoms with Gasteiger partial charge in [-0.2, -0.15) is 0 Å². The summed E-state index contributed by atoms with van der Waals surface area (Å²) in [5.41, 5.74) is 1.34. The molecular formula is C25H21Cl2NO6S. The molecule has 182 valence electrons. The van der Waals surface area contributed by atoms with E-state index in [1.54, 1.807) is 18.2 Å². The summed E-state index contributed by atoms with van der Waals surface area (Å²) in [6.45, 7) is 1.87. The van der Waals surface area contributed by atoms with E-state index in [2.05, 4.69) is 0 Å². The van der Waals surface area contributed by atoms with Crippen LogP contribution in [0.4, 0.5) is 5.69 Å². The molecule has 1 amide bonds. The summed E-state index contributed by atoms with van der Waals surface area (Å²) < 4.78 is 15.9. The number of thiophene rings is 1. The van der Waals surface area contributed by atoms with Crippen molar-refractivity contribution in [2.45, 2.75) is 13.0 Å². The molecule has 2 heterocycles. The van der Waals surface area contributed by atoms with Gasteiger partial charge in [-0.15, -0.1) is 11.3 Å². The quantitative estimate of drug-likeness (QED) is 0.237. The molecule has 1 atom stereocenters. The number of carbonyl (C=O) groups is 2. The van der Waals surface area contributed by atoms with Crippen molar-refractivity contribution >= 4 is 57.7 Å². The summed E-state index contributed by atoms with van der Waals surface area (Å²) in [4.78, 5) is 28.8. The lowest BCUT2D eigenvalue weighted by molar-refractivity contribution is -0.132. The summed E-state index contributed by atoms with van der Waals surface area (Å²) in [5, 5.41) is 13.5. The van der Waals surface area contributed by atoms with Crippen LogP contribution in [0.5, 0.6) is 17.2 Å². The van der Waals surface area contributed by atoms with E-state index >= 15 is 0 Å². The first-order valence-corrected chi connectivity index (χ1v) is 12.0. The molecule has 1 fully saturated rings. The third-order valence-electron chi connectivity index (χ3n) is 5.68. The molecule has 0 bridgehead atoms. The molecule has 1 aromatic heterocycles. The Morgan fingerprint density at radius 1 is 0.971 bits per heavy atom. The second-order valence-electron chi connectivity index (χ2n) is 7.68. The number of amides is 1. The maximum atomic E-state index is 13.4. The Morgan fingerprint density at radius 3 is 2.06 bits per heavy atom. The summed E-state index contributed by atoms with van der Waals surface area (Å²) in [6.07, 6.45) is 0. The van der Waals surface area contributed by atoms with Gasteiger partial charge in [-0.25, -0.2) is 0 Å². The number of methoxy groups -OCH3 is 3. The van der Waals surface area contributed by atoms with Crippen molar-refractivity contribution < 1.29 is 28.9 Å². The van der Waals surface area contributed by atoms with Crippen molar-refractivity contribution in [2.75, 3.05) is 26.2 Å². The fourth-order valence-corrected chi connectivity index (χ4v) is 5.66. The molecule has 4 rings (SSSR count). The Balaban J connectivity index is 1.98. The van der Waals surface area contributed by atoms with Crippen molar-refractivity contribution in [3.8, 4) is 17.2 Å². The number of Topliss-reactive ketones (excluding diaryl/α,β-unsaturated/α-hetero) is 1. The highest BCUT2D eigenvalue weighted by molar-refractivity contribution is 7.10. The van der Waals surface area contributed by atoms with Crippen molar-refractivity contribution in [1.29, 1.82) is 0 Å². The number of hydrogen-bond acceptors (Lipinski definition) is 7. The van der Waals surface area contributed by atoms with Crippen LogP contribution in [-0.4, -0.2) is 38.1 Å². The normalized spacial score (nSPS) is 17.1. The molecule has 0 saturated carbocycles. The molecule has 3 aromatic rings. The van der Waals surface area contributed by atoms with Crippen LogP contribution < -0.4 is 19.1 Å². The predicted molar refractivity (Wildman–Crippen MR) is 136 cm³/mol. The largest absolute Gasteiger partial charge is 0.507 e. The number of ether oxygens (including phenoxy) is 3. The molecular weight excluding hydrogens is 513 g/mol. The van der Waals surface area contributed by atoms with E-state index in [0.717, 1.165) is 10.4 Å². The van der Waals surface area contributed by atoms with Gasteiger partial charge in [-0.1, -0.05) is 23.2 Å². The van der Waals surface area contributed by atoms with Gasteiger partial charge < -0.3 is 19.3 Å². The van der Waals surface area contributed by atoms with Gasteiger partial charge in [0, 0.05) is 28.6 Å². The van der Waals surface area contributed by atoms with Crippen molar-refractivity contribution in [1.82, 2.24) is 0 Å². The zero-order valence-corrected chi connectivity index (χ0v) is 21.5. The van der Waals surface area contributed by atoms with Crippen molar-refractivity contribution in [3.63, 3.8) is 0 Å². The van der Waals surface area contributed by atoms with E-state index in [1.165, 1.54) is 49.7 Å². The number of rotatable bonds is 6. The molecule has 0 radical (unpaired) electrons. The van der Waals surface area contributed by atoms with Crippen LogP contribution in [0, 0.1) is 6.92 Å². The molecule has 1 aliphatic rings. The highest BCUT2D eigenvalue weighted by Gasteiger charge is 2.48. The second kappa shape index (κ2) is 9.81. The summed E-state index contributed by atoms with van der Waals surface area (Å²) in [7, 11) is 4.40. The maximum Gasteiger partial charge on any atom is 0.300 e. The number of ketones is 1. The Hall–Kier alpha value is -3.20. The molecule has 1 aliphatic heterocycles. The first-order chi connectivity index (χ1) is 16.7. The van der Waals surface area contributed by atoms with E-state index in [1.807, 2.05) is 18.4 Å². The van der Waals surface area contributed by atoms with Crippen LogP contribution in [0.15, 0.2) is 47.4 Å². The fraction of sp³-hybridized carbons (Fsp3) is 0.200. The number of halogens is 2. The van der Waals surface area contributed by atoms with Crippen molar-refractivity contribution in [2.24, 2.45) is 0 Å². The minimum absolute atomic E-state index is 0.0837. The summed E-state index contributed by atoms with van der Waals surface area (Å²) in [6, 6.07) is 8.77. The summed E-state index contributed by atoms with van der Waals surface area (Å²) >= 11 is 13.9. The van der Waals surface area contributed by atoms with Gasteiger partial charge >= 0.3 is 0 Å². The molecule has 0 aliphatic carbocycles. The number of aliphatic hydroxyl groups excluding tert-OH is 1. The number of nitrogens with zero attached hydrogens (tertiary/aromatic N) is 1. The lowest BCUT2D eigenvalue weighted by Crippen LogP contribution is -2.29. The van der Waals surface area contributed by atoms with E-state index in [-0.39, 0.29) is 26.9 Å². The number of anilines is 1. The van der Waals surface area contributed by atoms with Gasteiger partial charge in [0.05, 0.1) is 42.6 Å². The molecule has 0 spiro atoms. The SMILES string of the molecule is COc1cc(OC)cc(N2C(=O)C(=O)/C(=C(\O)c3cc(Cl)c(OC)c(Cl)c3)C2c2sccc2C)c1. The molecule has 1 unspecified atom stereocenters. The first kappa shape index (κ1) is 24.9. The number of carbonyl (C=O) groups excluding carboxylic acids is 2. The standard InChI is InChI=1S/C25H21Cl2NO6S/c1-12-5-6-35-24(12)20-19(21(29)13-7-17(26)23(34-4)18(27)8-13)22(30)25(31)28(20)14-9-15(32-2)11-16(10-14)33-3/h5-11,20,29H,1-4H3/b21-19-. The Bertz CT molecular complexity index is 1320. The van der Waals surface area contributed by atoms with Crippen LogP contribution in [-0.2, 0) is 9.59 Å². The van der Waals surface area contributed by atoms with E-state index in [4.69, 9.17) is 37.4 Å². The lowest BCUT2D eigenvalue weighted by atomic mass is 9.98. The lowest BCUT2D eigenvalue weighted by Gasteiger charge is -2.25. The minimum atomic E-state index is -0.897. The van der Waals surface area contributed by atoms with Crippen molar-refractivity contribution in [3.05, 3.63) is 73.4 Å². The second-order valence-corrected chi connectivity index (χ2v) is 9.44. The molecule has 1 N–H and O–H groups in total. The average Bonchev–Trinajstić information content (AvgIpc) is 3.37. The number of aliphatic hydroxyl groups is 1. The zero-order chi connectivity index (χ0) is 25.4. The summed E-state index contributed by atoms with van der Waals surface area (Å²) in [5.74, 6) is -0.923. The first-order valence-electron chi connectivity index (χ1n) is 10.3. The van der Waals surface area contributed by atoms with Crippen LogP contribution >= 0.6 is 34.5 Å². The fourth-order valence-electron chi connectivity index (χ4n) is 3.99. The Labute approximate surface area is 216 Å². The molecule has 10 heteroatoms. The number of aryl methyl sites for hydroxylation is 1. The van der Waals surface area contributed by atoms with Crippen LogP contribution in [0.1, 0.15) is 22.0 Å². The van der Waals surface area contributed by atoms with Gasteiger partial charge in [-0.3, -0.25) is 14.5 Å². The third-order valence-corrected chi connectivity index (χ3v) is 7.32. The van der Waals surface area contributed by atoms with Gasteiger partial charge in [0.2, 0.25) is 0 Å². The van der Waals surface area contributed by atoms with Crippen LogP contribution in [0.3, 0.4) is 0 Å².